The van der Waals surface area contributed by atoms with E-state index in [4.69, 9.17) is 0 Å². The number of carboxylic acid groups (broad SMARTS) is 1. The van der Waals surface area contributed by atoms with E-state index >= 15 is 0 Å². The van der Waals surface area contributed by atoms with Crippen LogP contribution in [0.5, 0.6) is 0 Å². The third kappa shape index (κ3) is 2.55. The lowest BCUT2D eigenvalue weighted by atomic mass is 10.1. The van der Waals surface area contributed by atoms with Gasteiger partial charge in [0.15, 0.2) is 0 Å². The number of nitrogens with zero attached hydrogens (tertiary/aromatic N) is 4. The van der Waals surface area contributed by atoms with E-state index in [9.17, 15) is 19.5 Å². The maximum atomic E-state index is 12.8. The first kappa shape index (κ1) is 16.1. The van der Waals surface area contributed by atoms with Crippen LogP contribution >= 0.6 is 0 Å². The molecule has 26 heavy (non-hydrogen) atoms. The Balaban J connectivity index is 1.76. The fourth-order valence-corrected chi connectivity index (χ4v) is 3.32. The van der Waals surface area contributed by atoms with E-state index in [0.29, 0.717) is 53.5 Å². The maximum Gasteiger partial charge on any atom is 0.416 e. The van der Waals surface area contributed by atoms with E-state index < -0.39 is 6.09 Å². The quantitative estimate of drug-likeness (QED) is 0.707. The van der Waals surface area contributed by atoms with Gasteiger partial charge in [-0.25, -0.2) is 4.79 Å². The summed E-state index contributed by atoms with van der Waals surface area (Å²) in [6.45, 7) is 1.97. The maximum absolute atomic E-state index is 12.8. The summed E-state index contributed by atoms with van der Waals surface area (Å²) in [6, 6.07) is 6.80. The highest BCUT2D eigenvalue weighted by Crippen LogP contribution is 2.26. The molecular weight excluding hydrogens is 336 g/mol. The number of pyridine rings is 1. The molecule has 0 atom stereocenters. The molecule has 0 unspecified atom stereocenters. The Morgan fingerprint density at radius 3 is 2.58 bits per heavy atom. The van der Waals surface area contributed by atoms with E-state index in [1.54, 1.807) is 40.3 Å². The van der Waals surface area contributed by atoms with E-state index in [2.05, 4.69) is 4.98 Å². The van der Waals surface area contributed by atoms with Gasteiger partial charge in [-0.1, -0.05) is 0 Å². The minimum atomic E-state index is -1.09. The fourth-order valence-electron chi connectivity index (χ4n) is 3.32. The van der Waals surface area contributed by atoms with Gasteiger partial charge in [0.05, 0.1) is 11.0 Å². The molecule has 0 saturated carbocycles. The number of aromatic nitrogens is 2. The van der Waals surface area contributed by atoms with E-state index in [-0.39, 0.29) is 5.91 Å². The SMILES string of the molecule is O=CN1CCN(C(=O)c2ccc3ncc4ccn(C(=O)O)c4c3c2)CC1. The average molecular weight is 352 g/mol. The first-order valence-electron chi connectivity index (χ1n) is 8.20. The molecule has 1 aromatic carbocycles. The second kappa shape index (κ2) is 6.14. The predicted molar refractivity (Wildman–Crippen MR) is 94.2 cm³/mol. The molecule has 2 aromatic heterocycles. The van der Waals surface area contributed by atoms with Crippen molar-refractivity contribution >= 4 is 40.2 Å². The van der Waals surface area contributed by atoms with Gasteiger partial charge in [0, 0.05) is 54.9 Å². The number of rotatable bonds is 2. The van der Waals surface area contributed by atoms with Gasteiger partial charge in [-0.3, -0.25) is 19.1 Å². The Labute approximate surface area is 148 Å². The van der Waals surface area contributed by atoms with Crippen LogP contribution in [0.15, 0.2) is 36.7 Å². The summed E-state index contributed by atoms with van der Waals surface area (Å²) >= 11 is 0. The zero-order valence-electron chi connectivity index (χ0n) is 13.8. The molecule has 3 heterocycles. The lowest BCUT2D eigenvalue weighted by molar-refractivity contribution is -0.119. The number of benzene rings is 1. The summed E-state index contributed by atoms with van der Waals surface area (Å²) in [4.78, 5) is 42.8. The normalized spacial score (nSPS) is 14.8. The van der Waals surface area contributed by atoms with Gasteiger partial charge in [-0.15, -0.1) is 0 Å². The van der Waals surface area contributed by atoms with Crippen LogP contribution < -0.4 is 0 Å². The molecule has 0 radical (unpaired) electrons. The molecule has 0 aliphatic carbocycles. The molecule has 132 valence electrons. The fraction of sp³-hybridized carbons (Fsp3) is 0.222. The molecule has 2 amide bonds. The number of amides is 2. The van der Waals surface area contributed by atoms with Crippen LogP contribution in [-0.4, -0.2) is 69.0 Å². The Morgan fingerprint density at radius 2 is 1.88 bits per heavy atom. The van der Waals surface area contributed by atoms with Crippen molar-refractivity contribution in [3.8, 4) is 0 Å². The lowest BCUT2D eigenvalue weighted by Gasteiger charge is -2.32. The van der Waals surface area contributed by atoms with E-state index in [1.165, 1.54) is 6.20 Å². The molecule has 1 fully saturated rings. The van der Waals surface area contributed by atoms with Gasteiger partial charge in [-0.2, -0.15) is 0 Å². The molecule has 1 aliphatic heterocycles. The summed E-state index contributed by atoms with van der Waals surface area (Å²) in [6.07, 6.45) is 2.80. The molecule has 4 rings (SSSR count). The van der Waals surface area contributed by atoms with Gasteiger partial charge in [0.2, 0.25) is 6.41 Å². The molecule has 0 bridgehead atoms. The van der Waals surface area contributed by atoms with Gasteiger partial charge in [0.25, 0.3) is 5.91 Å². The number of carbonyl (C=O) groups excluding carboxylic acids is 2. The van der Waals surface area contributed by atoms with Gasteiger partial charge in [0.1, 0.15) is 0 Å². The molecule has 1 saturated heterocycles. The summed E-state index contributed by atoms with van der Waals surface area (Å²) in [5, 5.41) is 10.7. The van der Waals surface area contributed by atoms with Crippen molar-refractivity contribution in [2.24, 2.45) is 0 Å². The van der Waals surface area contributed by atoms with Gasteiger partial charge in [-0.05, 0) is 24.3 Å². The van der Waals surface area contributed by atoms with Crippen LogP contribution in [0.4, 0.5) is 4.79 Å². The Morgan fingerprint density at radius 1 is 1.12 bits per heavy atom. The minimum Gasteiger partial charge on any atom is -0.464 e. The number of hydrogen-bond acceptors (Lipinski definition) is 4. The second-order valence-electron chi connectivity index (χ2n) is 6.20. The number of piperazine rings is 1. The van der Waals surface area contributed by atoms with Crippen molar-refractivity contribution in [3.63, 3.8) is 0 Å². The van der Waals surface area contributed by atoms with Crippen molar-refractivity contribution in [2.45, 2.75) is 0 Å². The summed E-state index contributed by atoms with van der Waals surface area (Å²) in [5.41, 5.74) is 1.62. The smallest absolute Gasteiger partial charge is 0.416 e. The summed E-state index contributed by atoms with van der Waals surface area (Å²) in [5.74, 6) is -0.136. The Bertz CT molecular complexity index is 1030. The molecule has 8 nitrogen and oxygen atoms in total. The summed E-state index contributed by atoms with van der Waals surface area (Å²) in [7, 11) is 0. The highest BCUT2D eigenvalue weighted by molar-refractivity contribution is 6.09. The highest BCUT2D eigenvalue weighted by atomic mass is 16.4. The zero-order chi connectivity index (χ0) is 18.3. The van der Waals surface area contributed by atoms with Crippen LogP contribution in [0.25, 0.3) is 21.8 Å². The predicted octanol–water partition coefficient (Wildman–Crippen LogP) is 1.63. The van der Waals surface area contributed by atoms with Crippen molar-refractivity contribution in [3.05, 3.63) is 42.2 Å². The van der Waals surface area contributed by atoms with Crippen molar-refractivity contribution in [1.29, 1.82) is 0 Å². The van der Waals surface area contributed by atoms with Gasteiger partial charge >= 0.3 is 6.09 Å². The highest BCUT2D eigenvalue weighted by Gasteiger charge is 2.22. The molecule has 3 aromatic rings. The van der Waals surface area contributed by atoms with Crippen LogP contribution in [0.1, 0.15) is 10.4 Å². The molecule has 1 N–H and O–H groups in total. The number of hydrogen-bond donors (Lipinski definition) is 1. The van der Waals surface area contributed by atoms with Crippen molar-refractivity contribution < 1.29 is 19.5 Å². The molecule has 1 aliphatic rings. The zero-order valence-corrected chi connectivity index (χ0v) is 13.8. The third-order valence-corrected chi connectivity index (χ3v) is 4.72. The Kier molecular flexibility index (Phi) is 3.80. The van der Waals surface area contributed by atoms with Gasteiger partial charge < -0.3 is 14.9 Å². The first-order valence-corrected chi connectivity index (χ1v) is 8.20. The van der Waals surface area contributed by atoms with Crippen molar-refractivity contribution in [1.82, 2.24) is 19.4 Å². The third-order valence-electron chi connectivity index (χ3n) is 4.72. The molecule has 0 spiro atoms. The standard InChI is InChI=1S/C18H16N4O4/c23-11-20-5-7-21(8-6-20)17(24)12-1-2-15-14(9-12)16-13(10-19-15)3-4-22(16)18(25)26/h1-4,9-11H,5-8H2,(H,25,26). The largest absolute Gasteiger partial charge is 0.464 e. The number of carbonyl (C=O) groups is 3. The van der Waals surface area contributed by atoms with Crippen LogP contribution in [0.3, 0.4) is 0 Å². The van der Waals surface area contributed by atoms with Crippen LogP contribution in [-0.2, 0) is 4.79 Å². The molecule has 8 heteroatoms. The van der Waals surface area contributed by atoms with Crippen LogP contribution in [0.2, 0.25) is 0 Å². The number of fused-ring (bicyclic) bond motifs is 3. The van der Waals surface area contributed by atoms with Crippen LogP contribution in [0, 0.1) is 0 Å². The lowest BCUT2D eigenvalue weighted by Crippen LogP contribution is -2.48. The molecular formula is C18H16N4O4. The first-order chi connectivity index (χ1) is 12.6. The monoisotopic (exact) mass is 352 g/mol. The Hall–Kier alpha value is -3.42. The minimum absolute atomic E-state index is 0.136. The van der Waals surface area contributed by atoms with E-state index in [0.717, 1.165) is 11.0 Å². The second-order valence-corrected chi connectivity index (χ2v) is 6.20. The summed E-state index contributed by atoms with van der Waals surface area (Å²) < 4.78 is 1.14. The average Bonchev–Trinajstić information content (AvgIpc) is 3.12. The van der Waals surface area contributed by atoms with E-state index in [1.807, 2.05) is 0 Å². The topological polar surface area (TPSA) is 95.7 Å². The van der Waals surface area contributed by atoms with Crippen molar-refractivity contribution in [2.75, 3.05) is 26.2 Å².